The van der Waals surface area contributed by atoms with Crippen molar-refractivity contribution in [3.05, 3.63) is 119 Å². The zero-order chi connectivity index (χ0) is 24.2. The maximum atomic E-state index is 12.9. The van der Waals surface area contributed by atoms with Crippen LogP contribution in [0.25, 0.3) is 38.7 Å². The molecule has 0 saturated heterocycles. The maximum absolute atomic E-state index is 12.9. The fourth-order valence-corrected chi connectivity index (χ4v) is 4.82. The van der Waals surface area contributed by atoms with Gasteiger partial charge in [-0.3, -0.25) is 0 Å². The highest BCUT2D eigenvalue weighted by Gasteiger charge is 2.17. The van der Waals surface area contributed by atoms with Crippen LogP contribution in [-0.4, -0.2) is 14.4 Å². The molecule has 0 spiro atoms. The number of para-hydroxylation sites is 3. The lowest BCUT2D eigenvalue weighted by molar-refractivity contribution is 0.641. The van der Waals surface area contributed by atoms with E-state index in [1.807, 2.05) is 60.7 Å². The molecule has 3 aromatic heterocycles. The first-order chi connectivity index (χ1) is 17.7. The molecule has 7 rings (SSSR count). The Hall–Kier alpha value is -4.97. The summed E-state index contributed by atoms with van der Waals surface area (Å²) < 4.78 is 7.77. The molecule has 172 valence electrons. The summed E-state index contributed by atoms with van der Waals surface area (Å²) in [5, 5.41) is 1.60. The Bertz CT molecular complexity index is 1990. The van der Waals surface area contributed by atoms with E-state index >= 15 is 0 Å². The van der Waals surface area contributed by atoms with Gasteiger partial charge in [0.25, 0.3) is 0 Å². The monoisotopic (exact) mass is 468 g/mol. The van der Waals surface area contributed by atoms with E-state index in [1.165, 1.54) is 5.56 Å². The number of anilines is 3. The van der Waals surface area contributed by atoms with Gasteiger partial charge in [-0.15, -0.1) is 0 Å². The van der Waals surface area contributed by atoms with Gasteiger partial charge in [0, 0.05) is 28.5 Å². The molecule has 4 aromatic carbocycles. The van der Waals surface area contributed by atoms with Crippen LogP contribution in [0.2, 0.25) is 0 Å². The SMILES string of the molecule is Cc1cccc(N(c2ccccc2)c2ccc3cc4c(nc(=O)n5c6ccccc6nc45)oc3c2)c1. The summed E-state index contributed by atoms with van der Waals surface area (Å²) >= 11 is 0. The second kappa shape index (κ2) is 7.78. The lowest BCUT2D eigenvalue weighted by Gasteiger charge is -2.25. The molecule has 0 atom stereocenters. The van der Waals surface area contributed by atoms with Crippen molar-refractivity contribution in [2.75, 3.05) is 4.90 Å². The fourth-order valence-electron chi connectivity index (χ4n) is 4.82. The third-order valence-corrected chi connectivity index (χ3v) is 6.46. The van der Waals surface area contributed by atoms with Gasteiger partial charge < -0.3 is 9.32 Å². The summed E-state index contributed by atoms with van der Waals surface area (Å²) in [4.78, 5) is 24.1. The largest absolute Gasteiger partial charge is 0.437 e. The minimum atomic E-state index is -0.406. The maximum Gasteiger partial charge on any atom is 0.357 e. The van der Waals surface area contributed by atoms with Crippen LogP contribution in [0.3, 0.4) is 0 Å². The van der Waals surface area contributed by atoms with E-state index < -0.39 is 5.69 Å². The van der Waals surface area contributed by atoms with Gasteiger partial charge in [0.2, 0.25) is 5.71 Å². The third kappa shape index (κ3) is 3.15. The summed E-state index contributed by atoms with van der Waals surface area (Å²) in [5.41, 5.74) is 6.74. The molecule has 0 saturated carbocycles. The molecule has 6 heteroatoms. The topological polar surface area (TPSA) is 63.6 Å². The van der Waals surface area contributed by atoms with Crippen molar-refractivity contribution < 1.29 is 4.42 Å². The first kappa shape index (κ1) is 20.4. The standard InChI is InChI=1S/C30H20N4O2/c1-19-8-7-11-22(16-19)33(21-9-3-2-4-10-21)23-15-14-20-17-24-28-31-25-12-5-6-13-26(25)34(28)30(35)32-29(24)36-27(20)18-23/h2-18H,1H3. The van der Waals surface area contributed by atoms with Crippen molar-refractivity contribution in [1.82, 2.24) is 14.4 Å². The first-order valence-electron chi connectivity index (χ1n) is 11.7. The van der Waals surface area contributed by atoms with Crippen molar-refractivity contribution in [3.8, 4) is 0 Å². The van der Waals surface area contributed by atoms with E-state index in [9.17, 15) is 4.79 Å². The molecule has 7 aromatic rings. The number of aryl methyl sites for hydroxylation is 1. The Morgan fingerprint density at radius 2 is 1.53 bits per heavy atom. The van der Waals surface area contributed by atoms with E-state index in [-0.39, 0.29) is 5.71 Å². The van der Waals surface area contributed by atoms with E-state index in [0.29, 0.717) is 16.6 Å². The van der Waals surface area contributed by atoms with E-state index in [1.54, 1.807) is 4.40 Å². The van der Waals surface area contributed by atoms with Crippen LogP contribution in [0.5, 0.6) is 0 Å². The van der Waals surface area contributed by atoms with Gasteiger partial charge in [0.15, 0.2) is 5.65 Å². The number of rotatable bonds is 3. The van der Waals surface area contributed by atoms with Gasteiger partial charge in [-0.1, -0.05) is 42.5 Å². The van der Waals surface area contributed by atoms with Gasteiger partial charge in [0.1, 0.15) is 5.58 Å². The molecule has 36 heavy (non-hydrogen) atoms. The highest BCUT2D eigenvalue weighted by atomic mass is 16.3. The van der Waals surface area contributed by atoms with Crippen LogP contribution in [0.4, 0.5) is 17.1 Å². The number of hydrogen-bond acceptors (Lipinski definition) is 5. The minimum absolute atomic E-state index is 0.272. The Kier molecular flexibility index (Phi) is 4.41. The first-order valence-corrected chi connectivity index (χ1v) is 11.7. The van der Waals surface area contributed by atoms with Crippen molar-refractivity contribution in [1.29, 1.82) is 0 Å². The van der Waals surface area contributed by atoms with Crippen molar-refractivity contribution in [3.63, 3.8) is 0 Å². The number of nitrogens with zero attached hydrogens (tertiary/aromatic N) is 4. The molecule has 6 nitrogen and oxygen atoms in total. The number of fused-ring (bicyclic) bond motifs is 6. The Labute approximate surface area is 205 Å². The van der Waals surface area contributed by atoms with Crippen LogP contribution < -0.4 is 10.6 Å². The number of imidazole rings is 1. The molecule has 0 N–H and O–H groups in total. The normalized spacial score (nSPS) is 11.6. The fraction of sp³-hybridized carbons (Fsp3) is 0.0333. The molecule has 0 fully saturated rings. The molecule has 0 aliphatic rings. The highest BCUT2D eigenvalue weighted by Crippen LogP contribution is 2.37. The van der Waals surface area contributed by atoms with Crippen LogP contribution in [-0.2, 0) is 0 Å². The van der Waals surface area contributed by atoms with Gasteiger partial charge in [-0.25, -0.2) is 14.2 Å². The van der Waals surface area contributed by atoms with E-state index in [4.69, 9.17) is 9.40 Å². The molecular weight excluding hydrogens is 448 g/mol. The number of aromatic nitrogens is 3. The van der Waals surface area contributed by atoms with Crippen molar-refractivity contribution in [2.45, 2.75) is 6.92 Å². The third-order valence-electron chi connectivity index (χ3n) is 6.46. The Balaban J connectivity index is 1.46. The lowest BCUT2D eigenvalue weighted by atomic mass is 10.1. The number of hydrogen-bond donors (Lipinski definition) is 0. The molecule has 3 heterocycles. The van der Waals surface area contributed by atoms with Gasteiger partial charge in [-0.2, -0.15) is 4.98 Å². The molecule has 0 aliphatic carbocycles. The van der Waals surface area contributed by atoms with Crippen LogP contribution in [0.15, 0.2) is 112 Å². The molecular formula is C30H20N4O2. The van der Waals surface area contributed by atoms with Gasteiger partial charge in [0.05, 0.1) is 16.4 Å². The Morgan fingerprint density at radius 1 is 0.750 bits per heavy atom. The smallest absolute Gasteiger partial charge is 0.357 e. The summed E-state index contributed by atoms with van der Waals surface area (Å²) in [6, 6.07) is 34.2. The predicted octanol–water partition coefficient (Wildman–Crippen LogP) is 6.92. The number of benzene rings is 4. The average Bonchev–Trinajstić information content (AvgIpc) is 3.29. The van der Waals surface area contributed by atoms with Gasteiger partial charge in [-0.05, 0) is 67.1 Å². The molecule has 0 amide bonds. The summed E-state index contributed by atoms with van der Waals surface area (Å²) in [5.74, 6) is 0. The van der Waals surface area contributed by atoms with Crippen LogP contribution in [0.1, 0.15) is 5.56 Å². The summed E-state index contributed by atoms with van der Waals surface area (Å²) in [6.45, 7) is 2.08. The second-order valence-electron chi connectivity index (χ2n) is 8.85. The zero-order valence-corrected chi connectivity index (χ0v) is 19.4. The van der Waals surface area contributed by atoms with E-state index in [2.05, 4.69) is 59.3 Å². The Morgan fingerprint density at radius 3 is 2.39 bits per heavy atom. The molecule has 0 aliphatic heterocycles. The molecule has 0 radical (unpaired) electrons. The van der Waals surface area contributed by atoms with Crippen LogP contribution in [0, 0.1) is 6.92 Å². The predicted molar refractivity (Wildman–Crippen MR) is 143 cm³/mol. The van der Waals surface area contributed by atoms with Crippen molar-refractivity contribution in [2.24, 2.45) is 0 Å². The summed E-state index contributed by atoms with van der Waals surface area (Å²) in [6.07, 6.45) is 0. The summed E-state index contributed by atoms with van der Waals surface area (Å²) in [7, 11) is 0. The average molecular weight is 469 g/mol. The van der Waals surface area contributed by atoms with E-state index in [0.717, 1.165) is 33.5 Å². The lowest BCUT2D eigenvalue weighted by Crippen LogP contribution is -2.16. The molecule has 0 bridgehead atoms. The van der Waals surface area contributed by atoms with Gasteiger partial charge >= 0.3 is 5.69 Å². The second-order valence-corrected chi connectivity index (χ2v) is 8.85. The van der Waals surface area contributed by atoms with Crippen molar-refractivity contribution >= 4 is 55.8 Å². The molecule has 0 unspecified atom stereocenters. The van der Waals surface area contributed by atoms with Crippen LogP contribution >= 0.6 is 0 Å². The minimum Gasteiger partial charge on any atom is -0.437 e. The zero-order valence-electron chi connectivity index (χ0n) is 19.4. The highest BCUT2D eigenvalue weighted by molar-refractivity contribution is 5.99. The quantitative estimate of drug-likeness (QED) is 0.263.